The van der Waals surface area contributed by atoms with Crippen molar-refractivity contribution in [2.45, 2.75) is 39.0 Å². The van der Waals surface area contributed by atoms with E-state index in [1.807, 2.05) is 12.3 Å². The Balaban J connectivity index is 1.64. The molecule has 1 aliphatic heterocycles. The largest absolute Gasteiger partial charge is 0.368 e. The summed E-state index contributed by atoms with van der Waals surface area (Å²) >= 11 is 0. The molecular weight excluding hydrogens is 276 g/mol. The van der Waals surface area contributed by atoms with Gasteiger partial charge in [-0.2, -0.15) is 0 Å². The maximum absolute atomic E-state index is 12.6. The molecule has 2 N–H and O–H groups in total. The lowest BCUT2D eigenvalue weighted by molar-refractivity contribution is -0.125. The zero-order valence-corrected chi connectivity index (χ0v) is 13.4. The second-order valence-electron chi connectivity index (χ2n) is 6.43. The van der Waals surface area contributed by atoms with Crippen molar-refractivity contribution >= 4 is 17.4 Å². The maximum Gasteiger partial charge on any atom is 0.231 e. The van der Waals surface area contributed by atoms with Crippen molar-refractivity contribution in [3.63, 3.8) is 0 Å². The van der Waals surface area contributed by atoms with Crippen molar-refractivity contribution < 1.29 is 4.79 Å². The predicted molar refractivity (Wildman–Crippen MR) is 89.1 cm³/mol. The average Bonchev–Trinajstić information content (AvgIpc) is 3.07. The average molecular weight is 302 g/mol. The lowest BCUT2D eigenvalue weighted by Gasteiger charge is -2.29. The molecule has 0 atom stereocenters. The summed E-state index contributed by atoms with van der Waals surface area (Å²) < 4.78 is 0. The molecule has 22 heavy (non-hydrogen) atoms. The molecule has 0 bridgehead atoms. The quantitative estimate of drug-likeness (QED) is 0.897. The van der Waals surface area contributed by atoms with Crippen LogP contribution < -0.4 is 15.5 Å². The van der Waals surface area contributed by atoms with Gasteiger partial charge in [-0.15, -0.1) is 0 Å². The molecule has 5 nitrogen and oxygen atoms in total. The minimum atomic E-state index is -0.168. The van der Waals surface area contributed by atoms with E-state index in [1.165, 1.54) is 0 Å². The molecule has 1 aromatic rings. The molecule has 0 spiro atoms. The summed E-state index contributed by atoms with van der Waals surface area (Å²) in [5.41, 5.74) is 0.962. The van der Waals surface area contributed by atoms with Gasteiger partial charge in [0.2, 0.25) is 5.91 Å². The first-order valence-electron chi connectivity index (χ1n) is 8.47. The van der Waals surface area contributed by atoms with Crippen LogP contribution in [0.2, 0.25) is 0 Å². The van der Waals surface area contributed by atoms with E-state index in [9.17, 15) is 4.79 Å². The van der Waals surface area contributed by atoms with E-state index < -0.39 is 0 Å². The van der Waals surface area contributed by atoms with Gasteiger partial charge >= 0.3 is 0 Å². The Kier molecular flexibility index (Phi) is 4.62. The number of nitrogens with one attached hydrogen (secondary N) is 2. The topological polar surface area (TPSA) is 57.3 Å². The van der Waals surface area contributed by atoms with E-state index >= 15 is 0 Å². The molecule has 1 amide bonds. The van der Waals surface area contributed by atoms with Crippen LogP contribution in [-0.2, 0) is 4.79 Å². The Morgan fingerprint density at radius 2 is 2.05 bits per heavy atom. The van der Waals surface area contributed by atoms with Crippen LogP contribution in [0.15, 0.2) is 18.3 Å². The zero-order chi connectivity index (χ0) is 15.4. The number of piperazine rings is 1. The SMILES string of the molecule is CCC1(C(=O)Nc2ccc(N3CCNCC3)cn2)CCCC1. The van der Waals surface area contributed by atoms with Gasteiger partial charge in [-0.05, 0) is 31.4 Å². The molecule has 120 valence electrons. The first-order chi connectivity index (χ1) is 10.7. The van der Waals surface area contributed by atoms with Crippen LogP contribution in [0.5, 0.6) is 0 Å². The van der Waals surface area contributed by atoms with Crippen molar-refractivity contribution in [3.05, 3.63) is 18.3 Å². The van der Waals surface area contributed by atoms with Crippen LogP contribution in [0.3, 0.4) is 0 Å². The van der Waals surface area contributed by atoms with Gasteiger partial charge in [0.15, 0.2) is 0 Å². The highest BCUT2D eigenvalue weighted by molar-refractivity contribution is 5.94. The summed E-state index contributed by atoms with van der Waals surface area (Å²) in [5, 5.41) is 6.37. The summed E-state index contributed by atoms with van der Waals surface area (Å²) in [6, 6.07) is 3.98. The molecule has 1 aliphatic carbocycles. The third-order valence-corrected chi connectivity index (χ3v) is 5.19. The van der Waals surface area contributed by atoms with E-state index in [-0.39, 0.29) is 11.3 Å². The molecule has 0 unspecified atom stereocenters. The summed E-state index contributed by atoms with van der Waals surface area (Å²) in [4.78, 5) is 19.3. The highest BCUT2D eigenvalue weighted by Crippen LogP contribution is 2.41. The van der Waals surface area contributed by atoms with E-state index in [0.29, 0.717) is 5.82 Å². The molecule has 1 aromatic heterocycles. The molecule has 0 aromatic carbocycles. The van der Waals surface area contributed by atoms with E-state index in [2.05, 4.69) is 33.5 Å². The van der Waals surface area contributed by atoms with Crippen molar-refractivity contribution in [1.29, 1.82) is 0 Å². The number of rotatable bonds is 4. The number of aromatic nitrogens is 1. The number of amides is 1. The summed E-state index contributed by atoms with van der Waals surface area (Å²) in [6.07, 6.45) is 7.13. The third-order valence-electron chi connectivity index (χ3n) is 5.19. The number of hydrogen-bond donors (Lipinski definition) is 2. The normalized spacial score (nSPS) is 20.9. The lowest BCUT2D eigenvalue weighted by atomic mass is 9.82. The molecule has 1 saturated heterocycles. The highest BCUT2D eigenvalue weighted by Gasteiger charge is 2.39. The van der Waals surface area contributed by atoms with Crippen LogP contribution in [-0.4, -0.2) is 37.1 Å². The van der Waals surface area contributed by atoms with E-state index in [4.69, 9.17) is 0 Å². The Morgan fingerprint density at radius 3 is 2.64 bits per heavy atom. The Labute approximate surface area is 132 Å². The molecule has 3 rings (SSSR count). The van der Waals surface area contributed by atoms with Crippen LogP contribution in [0, 0.1) is 5.41 Å². The van der Waals surface area contributed by atoms with Crippen LogP contribution in [0.4, 0.5) is 11.5 Å². The first kappa shape index (κ1) is 15.3. The molecule has 2 aliphatic rings. The van der Waals surface area contributed by atoms with Gasteiger partial charge in [-0.1, -0.05) is 19.8 Å². The Hall–Kier alpha value is -1.62. The second-order valence-corrected chi connectivity index (χ2v) is 6.43. The number of pyridine rings is 1. The summed E-state index contributed by atoms with van der Waals surface area (Å²) in [6.45, 7) is 6.15. The molecule has 0 radical (unpaired) electrons. The van der Waals surface area contributed by atoms with Crippen molar-refractivity contribution in [2.24, 2.45) is 5.41 Å². The van der Waals surface area contributed by atoms with Gasteiger partial charge in [0.1, 0.15) is 5.82 Å². The summed E-state index contributed by atoms with van der Waals surface area (Å²) in [5.74, 6) is 0.818. The van der Waals surface area contributed by atoms with Gasteiger partial charge in [0.25, 0.3) is 0 Å². The highest BCUT2D eigenvalue weighted by atomic mass is 16.2. The molecule has 2 fully saturated rings. The fourth-order valence-corrected chi connectivity index (χ4v) is 3.61. The standard InChI is InChI=1S/C17H26N4O/c1-2-17(7-3-4-8-17)16(22)20-15-6-5-14(13-19-15)21-11-9-18-10-12-21/h5-6,13,18H,2-4,7-12H2,1H3,(H,19,20,22). The fraction of sp³-hybridized carbons (Fsp3) is 0.647. The smallest absolute Gasteiger partial charge is 0.231 e. The maximum atomic E-state index is 12.6. The Bertz CT molecular complexity index is 502. The number of nitrogens with zero attached hydrogens (tertiary/aromatic N) is 2. The summed E-state index contributed by atoms with van der Waals surface area (Å²) in [7, 11) is 0. The van der Waals surface area contributed by atoms with Gasteiger partial charge in [0, 0.05) is 31.6 Å². The minimum absolute atomic E-state index is 0.148. The number of carbonyl (C=O) groups excluding carboxylic acids is 1. The van der Waals surface area contributed by atoms with Gasteiger partial charge in [0.05, 0.1) is 11.9 Å². The number of hydrogen-bond acceptors (Lipinski definition) is 4. The van der Waals surface area contributed by atoms with Crippen LogP contribution >= 0.6 is 0 Å². The Morgan fingerprint density at radius 1 is 1.32 bits per heavy atom. The molecular formula is C17H26N4O. The van der Waals surface area contributed by atoms with Crippen LogP contribution in [0.25, 0.3) is 0 Å². The predicted octanol–water partition coefficient (Wildman–Crippen LogP) is 2.40. The fourth-order valence-electron chi connectivity index (χ4n) is 3.61. The molecule has 1 saturated carbocycles. The molecule has 5 heteroatoms. The van der Waals surface area contributed by atoms with Gasteiger partial charge in [-0.25, -0.2) is 4.98 Å². The van der Waals surface area contributed by atoms with E-state index in [1.54, 1.807) is 0 Å². The van der Waals surface area contributed by atoms with Crippen molar-refractivity contribution in [2.75, 3.05) is 36.4 Å². The van der Waals surface area contributed by atoms with Gasteiger partial charge in [-0.3, -0.25) is 4.79 Å². The minimum Gasteiger partial charge on any atom is -0.368 e. The first-order valence-corrected chi connectivity index (χ1v) is 8.47. The zero-order valence-electron chi connectivity index (χ0n) is 13.4. The van der Waals surface area contributed by atoms with Gasteiger partial charge < -0.3 is 15.5 Å². The number of anilines is 2. The third kappa shape index (κ3) is 3.09. The van der Waals surface area contributed by atoms with Crippen LogP contribution in [0.1, 0.15) is 39.0 Å². The van der Waals surface area contributed by atoms with E-state index in [0.717, 1.165) is 64.0 Å². The van der Waals surface area contributed by atoms with Crippen molar-refractivity contribution in [1.82, 2.24) is 10.3 Å². The van der Waals surface area contributed by atoms with Crippen molar-refractivity contribution in [3.8, 4) is 0 Å². The number of carbonyl (C=O) groups is 1. The molecule has 2 heterocycles. The second kappa shape index (κ2) is 6.65. The monoisotopic (exact) mass is 302 g/mol. The lowest BCUT2D eigenvalue weighted by Crippen LogP contribution is -2.43.